The van der Waals surface area contributed by atoms with Crippen LogP contribution in [0.4, 0.5) is 0 Å². The van der Waals surface area contributed by atoms with Crippen LogP contribution in [0.5, 0.6) is 0 Å². The molecule has 0 saturated heterocycles. The summed E-state index contributed by atoms with van der Waals surface area (Å²) in [6.45, 7) is 1.92. The molecule has 0 amide bonds. The van der Waals surface area contributed by atoms with Gasteiger partial charge in [-0.05, 0) is 31.0 Å². The van der Waals surface area contributed by atoms with Crippen LogP contribution in [0.15, 0.2) is 19.8 Å². The highest BCUT2D eigenvalue weighted by molar-refractivity contribution is 8.01. The Morgan fingerprint density at radius 1 is 1.19 bits per heavy atom. The molecule has 3 rings (SSSR count). The van der Waals surface area contributed by atoms with Gasteiger partial charge in [-0.3, -0.25) is 4.68 Å². The number of thioether (sulfide) groups is 2. The van der Waals surface area contributed by atoms with Crippen molar-refractivity contribution in [2.75, 3.05) is 12.5 Å². The van der Waals surface area contributed by atoms with Crippen molar-refractivity contribution in [2.24, 2.45) is 7.05 Å². The molecule has 0 aliphatic rings. The third-order valence-electron chi connectivity index (χ3n) is 2.89. The van der Waals surface area contributed by atoms with Gasteiger partial charge in [0, 0.05) is 13.2 Å². The number of aromatic nitrogens is 5. The van der Waals surface area contributed by atoms with E-state index >= 15 is 0 Å². The highest BCUT2D eigenvalue weighted by Gasteiger charge is 2.22. The Labute approximate surface area is 134 Å². The van der Waals surface area contributed by atoms with Gasteiger partial charge in [0.1, 0.15) is 5.03 Å². The predicted octanol–water partition coefficient (Wildman–Crippen LogP) is 3.35. The normalized spacial score (nSPS) is 11.2. The molecule has 6 nitrogen and oxygen atoms in total. The summed E-state index contributed by atoms with van der Waals surface area (Å²) in [7, 11) is 1.87. The summed E-state index contributed by atoms with van der Waals surface area (Å²) in [5.74, 6) is 0.997. The number of hydrogen-bond acceptors (Lipinski definition) is 8. The highest BCUT2D eigenvalue weighted by Crippen LogP contribution is 2.40. The van der Waals surface area contributed by atoms with Gasteiger partial charge in [0.25, 0.3) is 11.8 Å². The molecule has 0 saturated carbocycles. The largest absolute Gasteiger partial charge is 0.416 e. The molecule has 0 aliphatic heterocycles. The third kappa shape index (κ3) is 2.60. The van der Waals surface area contributed by atoms with Crippen LogP contribution in [-0.2, 0) is 7.05 Å². The summed E-state index contributed by atoms with van der Waals surface area (Å²) < 4.78 is 13.1. The van der Waals surface area contributed by atoms with E-state index in [1.54, 1.807) is 28.2 Å². The van der Waals surface area contributed by atoms with E-state index in [1.165, 1.54) is 11.5 Å². The lowest BCUT2D eigenvalue weighted by molar-refractivity contribution is 0.581. The molecule has 9 heteroatoms. The van der Waals surface area contributed by atoms with E-state index in [1.807, 2.05) is 32.7 Å². The minimum absolute atomic E-state index is 0.487. The molecular weight excluding hydrogens is 326 g/mol. The summed E-state index contributed by atoms with van der Waals surface area (Å²) in [5, 5.41) is 13.6. The molecule has 0 atom stereocenters. The van der Waals surface area contributed by atoms with Crippen LogP contribution in [0.25, 0.3) is 22.9 Å². The van der Waals surface area contributed by atoms with Gasteiger partial charge >= 0.3 is 0 Å². The molecule has 0 bridgehead atoms. The highest BCUT2D eigenvalue weighted by atomic mass is 32.2. The number of nitrogens with zero attached hydrogens (tertiary/aromatic N) is 5. The average molecular weight is 339 g/mol. The summed E-state index contributed by atoms with van der Waals surface area (Å²) in [6.07, 6.45) is 5.89. The monoisotopic (exact) mass is 339 g/mol. The second kappa shape index (κ2) is 5.82. The topological polar surface area (TPSA) is 69.6 Å². The van der Waals surface area contributed by atoms with Crippen LogP contribution in [0.1, 0.15) is 5.69 Å². The van der Waals surface area contributed by atoms with E-state index in [-0.39, 0.29) is 0 Å². The van der Waals surface area contributed by atoms with Crippen LogP contribution in [0.2, 0.25) is 0 Å². The SMILES string of the molecule is CSc1nsc(SC)c1-c1nnc(-c2cn(C)nc2C)o1. The first kappa shape index (κ1) is 14.6. The van der Waals surface area contributed by atoms with Crippen molar-refractivity contribution in [3.05, 3.63) is 11.9 Å². The van der Waals surface area contributed by atoms with Gasteiger partial charge in [0.05, 0.1) is 21.0 Å². The Hall–Kier alpha value is -1.32. The van der Waals surface area contributed by atoms with E-state index in [0.717, 1.165) is 26.1 Å². The Morgan fingerprint density at radius 2 is 1.95 bits per heavy atom. The summed E-state index contributed by atoms with van der Waals surface area (Å²) in [6, 6.07) is 0. The molecule has 21 heavy (non-hydrogen) atoms. The maximum absolute atomic E-state index is 5.86. The molecule has 0 fully saturated rings. The number of hydrogen-bond donors (Lipinski definition) is 0. The molecule has 3 aromatic heterocycles. The Bertz CT molecular complexity index is 754. The summed E-state index contributed by atoms with van der Waals surface area (Å²) in [4.78, 5) is 0. The Morgan fingerprint density at radius 3 is 2.57 bits per heavy atom. The fourth-order valence-corrected chi connectivity index (χ4v) is 4.22. The molecule has 3 heterocycles. The fraction of sp³-hybridized carbons (Fsp3) is 0.333. The first-order valence-electron chi connectivity index (χ1n) is 6.06. The molecule has 110 valence electrons. The standard InChI is InChI=1S/C12H13N5OS3/c1-6-7(5-17(2)15-6)9-13-14-10(18-9)8-11(19-3)16-21-12(8)20-4/h5H,1-4H3. The van der Waals surface area contributed by atoms with Crippen molar-refractivity contribution >= 4 is 35.1 Å². The zero-order valence-electron chi connectivity index (χ0n) is 11.9. The lowest BCUT2D eigenvalue weighted by Gasteiger charge is -1.96. The van der Waals surface area contributed by atoms with Crippen molar-refractivity contribution in [3.8, 4) is 22.9 Å². The van der Waals surface area contributed by atoms with E-state index < -0.39 is 0 Å². The van der Waals surface area contributed by atoms with E-state index in [9.17, 15) is 0 Å². The molecule has 0 N–H and O–H groups in total. The maximum atomic E-state index is 5.86. The van der Waals surface area contributed by atoms with Crippen LogP contribution in [-0.4, -0.2) is 36.9 Å². The number of aryl methyl sites for hydroxylation is 2. The van der Waals surface area contributed by atoms with Gasteiger partial charge in [-0.25, -0.2) is 0 Å². The van der Waals surface area contributed by atoms with E-state index in [0.29, 0.717) is 11.8 Å². The van der Waals surface area contributed by atoms with Crippen LogP contribution < -0.4 is 0 Å². The van der Waals surface area contributed by atoms with Gasteiger partial charge < -0.3 is 4.42 Å². The smallest absolute Gasteiger partial charge is 0.252 e. The second-order valence-corrected chi connectivity index (χ2v) is 6.92. The van der Waals surface area contributed by atoms with Gasteiger partial charge in [-0.15, -0.1) is 33.7 Å². The Kier molecular flexibility index (Phi) is 4.05. The molecule has 0 spiro atoms. The minimum Gasteiger partial charge on any atom is -0.416 e. The summed E-state index contributed by atoms with van der Waals surface area (Å²) in [5.41, 5.74) is 2.66. The van der Waals surface area contributed by atoms with Gasteiger partial charge in [0.2, 0.25) is 0 Å². The van der Waals surface area contributed by atoms with Crippen molar-refractivity contribution in [1.29, 1.82) is 0 Å². The van der Waals surface area contributed by atoms with Crippen LogP contribution in [0.3, 0.4) is 0 Å². The van der Waals surface area contributed by atoms with Crippen LogP contribution >= 0.6 is 35.1 Å². The van der Waals surface area contributed by atoms with Crippen molar-refractivity contribution in [2.45, 2.75) is 16.2 Å². The zero-order chi connectivity index (χ0) is 15.0. The molecule has 0 radical (unpaired) electrons. The average Bonchev–Trinajstić information content (AvgIpc) is 3.15. The molecule has 0 unspecified atom stereocenters. The van der Waals surface area contributed by atoms with Crippen molar-refractivity contribution in [1.82, 2.24) is 24.4 Å². The first-order valence-corrected chi connectivity index (χ1v) is 9.28. The van der Waals surface area contributed by atoms with E-state index in [2.05, 4.69) is 19.7 Å². The fourth-order valence-electron chi connectivity index (χ4n) is 1.96. The molecular formula is C12H13N5OS3. The van der Waals surface area contributed by atoms with Gasteiger partial charge in [-0.1, -0.05) is 0 Å². The van der Waals surface area contributed by atoms with Crippen molar-refractivity contribution in [3.63, 3.8) is 0 Å². The third-order valence-corrected chi connectivity index (χ3v) is 5.63. The first-order chi connectivity index (χ1) is 10.1. The summed E-state index contributed by atoms with van der Waals surface area (Å²) >= 11 is 4.67. The van der Waals surface area contributed by atoms with Crippen molar-refractivity contribution < 1.29 is 4.42 Å². The Balaban J connectivity index is 2.06. The lowest BCUT2D eigenvalue weighted by atomic mass is 10.3. The minimum atomic E-state index is 0.487. The second-order valence-electron chi connectivity index (χ2n) is 4.27. The zero-order valence-corrected chi connectivity index (χ0v) is 14.4. The molecule has 3 aromatic rings. The quantitative estimate of drug-likeness (QED) is 0.675. The number of rotatable bonds is 4. The van der Waals surface area contributed by atoms with Gasteiger partial charge in [-0.2, -0.15) is 9.47 Å². The lowest BCUT2D eigenvalue weighted by Crippen LogP contribution is -1.86. The van der Waals surface area contributed by atoms with Gasteiger partial charge in [0.15, 0.2) is 0 Å². The molecule has 0 aliphatic carbocycles. The van der Waals surface area contributed by atoms with Crippen LogP contribution in [0, 0.1) is 6.92 Å². The maximum Gasteiger partial charge on any atom is 0.252 e. The predicted molar refractivity (Wildman–Crippen MR) is 85.9 cm³/mol. The molecule has 0 aromatic carbocycles. The van der Waals surface area contributed by atoms with E-state index in [4.69, 9.17) is 4.42 Å².